The highest BCUT2D eigenvalue weighted by Gasteiger charge is 2.25. The van der Waals surface area contributed by atoms with Gasteiger partial charge in [0, 0.05) is 22.9 Å². The van der Waals surface area contributed by atoms with Crippen molar-refractivity contribution >= 4 is 39.4 Å². The van der Waals surface area contributed by atoms with Gasteiger partial charge in [-0.3, -0.25) is 9.59 Å². The Morgan fingerprint density at radius 2 is 1.83 bits per heavy atom. The molecule has 2 atom stereocenters. The number of carbonyl (C=O) groups excluding carboxylic acids is 2. The number of hydrogen-bond donors (Lipinski definition) is 3. The molecule has 0 fully saturated rings. The lowest BCUT2D eigenvalue weighted by atomic mass is 10.1. The molecule has 0 radical (unpaired) electrons. The average Bonchev–Trinajstić information content (AvgIpc) is 3.03. The maximum absolute atomic E-state index is 12.8. The minimum atomic E-state index is -0.427. The summed E-state index contributed by atoms with van der Waals surface area (Å²) in [6.45, 7) is 5.82. The third-order valence-corrected chi connectivity index (χ3v) is 4.98. The van der Waals surface area contributed by atoms with Crippen molar-refractivity contribution in [1.29, 1.82) is 0 Å². The number of nitrogens with one attached hydrogen (secondary N) is 3. The number of furan rings is 1. The lowest BCUT2D eigenvalue weighted by Crippen LogP contribution is -3.15. The smallest absolute Gasteiger partial charge is 0.282 e. The van der Waals surface area contributed by atoms with E-state index >= 15 is 0 Å². The number of likely N-dealkylation sites (N-methyl/N-ethyl adjacent to an activating group) is 1. The van der Waals surface area contributed by atoms with Crippen molar-refractivity contribution in [2.75, 3.05) is 26.0 Å². The topological polar surface area (TPSA) is 85.0 Å². The Morgan fingerprint density at radius 3 is 2.52 bits per heavy atom. The zero-order valence-corrected chi connectivity index (χ0v) is 17.5. The quantitative estimate of drug-likeness (QED) is 0.568. The fourth-order valence-corrected chi connectivity index (χ4v) is 3.26. The van der Waals surface area contributed by atoms with E-state index in [1.54, 1.807) is 20.1 Å². The first-order valence-corrected chi connectivity index (χ1v) is 9.72. The number of ether oxygens (including phenoxy) is 1. The number of carbonyl (C=O) groups is 2. The first-order valence-electron chi connectivity index (χ1n) is 9.72. The Hall–Kier alpha value is -3.06. The maximum atomic E-state index is 12.8. The van der Waals surface area contributed by atoms with Crippen molar-refractivity contribution in [2.45, 2.75) is 32.9 Å². The lowest BCUT2D eigenvalue weighted by Gasteiger charge is -2.21. The molecule has 2 amide bonds. The van der Waals surface area contributed by atoms with Crippen molar-refractivity contribution in [3.05, 3.63) is 36.4 Å². The van der Waals surface area contributed by atoms with Crippen LogP contribution in [0.4, 0.5) is 5.69 Å². The van der Waals surface area contributed by atoms with Crippen LogP contribution in [-0.4, -0.2) is 44.6 Å². The van der Waals surface area contributed by atoms with Gasteiger partial charge in [-0.1, -0.05) is 18.2 Å². The maximum Gasteiger partial charge on any atom is 0.282 e. The summed E-state index contributed by atoms with van der Waals surface area (Å²) in [4.78, 5) is 25.6. The molecule has 29 heavy (non-hydrogen) atoms. The summed E-state index contributed by atoms with van der Waals surface area (Å²) in [5, 5.41) is 7.68. The highest BCUT2D eigenvalue weighted by molar-refractivity contribution is 6.08. The second-order valence-electron chi connectivity index (χ2n) is 7.60. The normalized spacial score (nSPS) is 13.4. The minimum Gasteiger partial charge on any atom is -0.495 e. The Kier molecular flexibility index (Phi) is 6.08. The SMILES string of the molecule is COc1cc2c(cc1NC(=O)[C@H](C)[NH+](C)CC(=O)NC(C)C)oc1ccccc12. The van der Waals surface area contributed by atoms with Gasteiger partial charge in [-0.25, -0.2) is 0 Å². The number of hydrogen-bond acceptors (Lipinski definition) is 4. The number of amides is 2. The fourth-order valence-electron chi connectivity index (χ4n) is 3.26. The van der Waals surface area contributed by atoms with Crippen LogP contribution in [0, 0.1) is 0 Å². The molecule has 1 heterocycles. The van der Waals surface area contributed by atoms with Crippen molar-refractivity contribution < 1.29 is 23.6 Å². The molecule has 3 rings (SSSR count). The molecule has 7 nitrogen and oxygen atoms in total. The molecule has 1 unspecified atom stereocenters. The van der Waals surface area contributed by atoms with Crippen LogP contribution in [0.3, 0.4) is 0 Å². The molecule has 3 aromatic rings. The molecule has 1 aromatic heterocycles. The van der Waals surface area contributed by atoms with E-state index in [1.165, 1.54) is 0 Å². The highest BCUT2D eigenvalue weighted by atomic mass is 16.5. The molecule has 0 bridgehead atoms. The molecule has 2 aromatic carbocycles. The lowest BCUT2D eigenvalue weighted by molar-refractivity contribution is -0.885. The third kappa shape index (κ3) is 4.51. The van der Waals surface area contributed by atoms with Crippen LogP contribution in [0.1, 0.15) is 20.8 Å². The summed E-state index contributed by atoms with van der Waals surface area (Å²) in [5.74, 6) is 0.270. The standard InChI is InChI=1S/C22H27N3O4/c1-13(2)23-21(26)12-25(4)14(3)22(27)24-17-11-19-16(10-20(17)28-5)15-8-6-7-9-18(15)29-19/h6-11,13-14H,12H2,1-5H3,(H,23,26)(H,24,27)/p+1/t14-/m0/s1. The van der Waals surface area contributed by atoms with Crippen molar-refractivity contribution in [2.24, 2.45) is 0 Å². The Labute approximate surface area is 170 Å². The first kappa shape index (κ1) is 20.7. The van der Waals surface area contributed by atoms with Gasteiger partial charge in [0.1, 0.15) is 16.9 Å². The number of benzene rings is 2. The molecule has 7 heteroatoms. The van der Waals surface area contributed by atoms with E-state index in [0.717, 1.165) is 21.3 Å². The fraction of sp³-hybridized carbons (Fsp3) is 0.364. The molecule has 0 aliphatic heterocycles. The number of rotatable bonds is 7. The van der Waals surface area contributed by atoms with Gasteiger partial charge in [0.05, 0.1) is 19.8 Å². The van der Waals surface area contributed by atoms with Gasteiger partial charge in [-0.05, 0) is 32.9 Å². The van der Waals surface area contributed by atoms with Crippen LogP contribution >= 0.6 is 0 Å². The predicted octanol–water partition coefficient (Wildman–Crippen LogP) is 1.96. The molecule has 0 aliphatic rings. The Bertz CT molecular complexity index is 1040. The molecule has 0 saturated heterocycles. The van der Waals surface area contributed by atoms with Crippen molar-refractivity contribution in [3.8, 4) is 5.75 Å². The molecule has 154 valence electrons. The summed E-state index contributed by atoms with van der Waals surface area (Å²) < 4.78 is 11.4. The minimum absolute atomic E-state index is 0.0687. The molecule has 0 spiro atoms. The van der Waals surface area contributed by atoms with Gasteiger partial charge in [0.15, 0.2) is 12.6 Å². The largest absolute Gasteiger partial charge is 0.495 e. The van der Waals surface area contributed by atoms with Crippen LogP contribution in [0.5, 0.6) is 5.75 Å². The van der Waals surface area contributed by atoms with E-state index in [4.69, 9.17) is 9.15 Å². The first-order chi connectivity index (χ1) is 13.8. The van der Waals surface area contributed by atoms with Crippen LogP contribution < -0.4 is 20.3 Å². The van der Waals surface area contributed by atoms with Gasteiger partial charge >= 0.3 is 0 Å². The summed E-state index contributed by atoms with van der Waals surface area (Å²) in [6.07, 6.45) is 0. The third-order valence-electron chi connectivity index (χ3n) is 4.98. The average molecular weight is 398 g/mol. The molecule has 0 saturated carbocycles. The summed E-state index contributed by atoms with van der Waals surface area (Å²) in [7, 11) is 3.39. The van der Waals surface area contributed by atoms with E-state index in [-0.39, 0.29) is 24.4 Å². The van der Waals surface area contributed by atoms with Crippen LogP contribution in [0.25, 0.3) is 21.9 Å². The van der Waals surface area contributed by atoms with Gasteiger partial charge in [0.25, 0.3) is 11.8 Å². The van der Waals surface area contributed by atoms with Crippen molar-refractivity contribution in [3.63, 3.8) is 0 Å². The van der Waals surface area contributed by atoms with E-state index in [1.807, 2.05) is 51.2 Å². The summed E-state index contributed by atoms with van der Waals surface area (Å²) >= 11 is 0. The number of fused-ring (bicyclic) bond motifs is 3. The number of anilines is 1. The van der Waals surface area contributed by atoms with Crippen molar-refractivity contribution in [1.82, 2.24) is 5.32 Å². The van der Waals surface area contributed by atoms with Crippen LogP contribution in [0.2, 0.25) is 0 Å². The molecular formula is C22H28N3O4+. The Morgan fingerprint density at radius 1 is 1.10 bits per heavy atom. The summed E-state index contributed by atoms with van der Waals surface area (Å²) in [5.41, 5.74) is 1.99. The van der Waals surface area contributed by atoms with Gasteiger partial charge in [-0.15, -0.1) is 0 Å². The van der Waals surface area contributed by atoms with Gasteiger partial charge < -0.3 is 24.7 Å². The second-order valence-corrected chi connectivity index (χ2v) is 7.60. The Balaban J connectivity index is 1.80. The molecular weight excluding hydrogens is 370 g/mol. The number of methoxy groups -OCH3 is 1. The monoisotopic (exact) mass is 398 g/mol. The van der Waals surface area contributed by atoms with E-state index < -0.39 is 6.04 Å². The summed E-state index contributed by atoms with van der Waals surface area (Å²) in [6, 6.07) is 11.1. The number of quaternary nitrogens is 1. The predicted molar refractivity (Wildman–Crippen MR) is 113 cm³/mol. The van der Waals surface area contributed by atoms with E-state index in [0.29, 0.717) is 17.0 Å². The van der Waals surface area contributed by atoms with E-state index in [2.05, 4.69) is 10.6 Å². The van der Waals surface area contributed by atoms with Gasteiger partial charge in [0.2, 0.25) is 0 Å². The zero-order chi connectivity index (χ0) is 21.1. The zero-order valence-electron chi connectivity index (χ0n) is 17.5. The highest BCUT2D eigenvalue weighted by Crippen LogP contribution is 2.36. The number of para-hydroxylation sites is 1. The van der Waals surface area contributed by atoms with E-state index in [9.17, 15) is 9.59 Å². The van der Waals surface area contributed by atoms with Gasteiger partial charge in [-0.2, -0.15) is 0 Å². The molecule has 0 aliphatic carbocycles. The molecule has 3 N–H and O–H groups in total. The second kappa shape index (κ2) is 8.53. The van der Waals surface area contributed by atoms with Crippen LogP contribution in [0.15, 0.2) is 40.8 Å². The van der Waals surface area contributed by atoms with Crippen LogP contribution in [-0.2, 0) is 9.59 Å².